The van der Waals surface area contributed by atoms with Crippen molar-refractivity contribution in [3.05, 3.63) is 0 Å². The Labute approximate surface area is 482 Å². The summed E-state index contributed by atoms with van der Waals surface area (Å²) in [5.74, 6) is 0.934. The zero-order valence-electron chi connectivity index (χ0n) is 53.1. The number of carbonyl (C=O) groups is 3. The van der Waals surface area contributed by atoms with E-state index in [2.05, 4.69) is 34.6 Å². The highest BCUT2D eigenvalue weighted by atomic mass is 16.6. The Morgan fingerprint density at radius 2 is 0.494 bits per heavy atom. The van der Waals surface area contributed by atoms with Crippen LogP contribution in [0.3, 0.4) is 0 Å². The lowest BCUT2D eigenvalue weighted by atomic mass is 9.99. The van der Waals surface area contributed by atoms with Crippen LogP contribution in [0, 0.1) is 11.8 Å². The van der Waals surface area contributed by atoms with Gasteiger partial charge in [-0.15, -0.1) is 0 Å². The van der Waals surface area contributed by atoms with Gasteiger partial charge in [0.2, 0.25) is 0 Å². The molecule has 0 saturated heterocycles. The molecule has 6 nitrogen and oxygen atoms in total. The molecule has 0 N–H and O–H groups in total. The van der Waals surface area contributed by atoms with E-state index in [4.69, 9.17) is 14.2 Å². The molecule has 0 aliphatic rings. The summed E-state index contributed by atoms with van der Waals surface area (Å²) < 4.78 is 17.0. The topological polar surface area (TPSA) is 78.9 Å². The molecule has 2 atom stereocenters. The van der Waals surface area contributed by atoms with Crippen LogP contribution in [-0.4, -0.2) is 37.2 Å². The molecular formula is C71H138O6. The summed E-state index contributed by atoms with van der Waals surface area (Å²) in [4.78, 5) is 38.5. The van der Waals surface area contributed by atoms with Gasteiger partial charge < -0.3 is 14.2 Å². The molecule has 0 aromatic carbocycles. The van der Waals surface area contributed by atoms with Gasteiger partial charge in [-0.2, -0.15) is 0 Å². The lowest BCUT2D eigenvalue weighted by molar-refractivity contribution is -0.167. The minimum Gasteiger partial charge on any atom is -0.462 e. The summed E-state index contributed by atoms with van der Waals surface area (Å²) in [6, 6.07) is 0. The van der Waals surface area contributed by atoms with Gasteiger partial charge in [-0.25, -0.2) is 0 Å². The summed E-state index contributed by atoms with van der Waals surface area (Å²) >= 11 is 0. The van der Waals surface area contributed by atoms with E-state index < -0.39 is 6.10 Å². The lowest BCUT2D eigenvalue weighted by Gasteiger charge is -2.18. The van der Waals surface area contributed by atoms with Crippen molar-refractivity contribution in [1.29, 1.82) is 0 Å². The van der Waals surface area contributed by atoms with Crippen LogP contribution in [0.5, 0.6) is 0 Å². The summed E-state index contributed by atoms with van der Waals surface area (Å²) in [5, 5.41) is 0. The molecule has 0 amide bonds. The smallest absolute Gasteiger partial charge is 0.306 e. The highest BCUT2D eigenvalue weighted by Gasteiger charge is 2.20. The van der Waals surface area contributed by atoms with E-state index >= 15 is 0 Å². The predicted octanol–water partition coefficient (Wildman–Crippen LogP) is 23.9. The van der Waals surface area contributed by atoms with Gasteiger partial charge >= 0.3 is 17.9 Å². The summed E-state index contributed by atoms with van der Waals surface area (Å²) in [6.45, 7) is 11.5. The fourth-order valence-corrected chi connectivity index (χ4v) is 11.1. The molecule has 77 heavy (non-hydrogen) atoms. The molecule has 0 radical (unpaired) electrons. The Bertz CT molecular complexity index is 1180. The van der Waals surface area contributed by atoms with E-state index in [1.54, 1.807) is 0 Å². The van der Waals surface area contributed by atoms with E-state index in [1.807, 2.05) is 0 Å². The molecule has 0 aliphatic heterocycles. The molecule has 0 fully saturated rings. The number of hydrogen-bond acceptors (Lipinski definition) is 6. The van der Waals surface area contributed by atoms with Crippen molar-refractivity contribution in [2.75, 3.05) is 13.2 Å². The molecule has 0 saturated carbocycles. The Balaban J connectivity index is 4.28. The highest BCUT2D eigenvalue weighted by molar-refractivity contribution is 5.71. The first-order valence-corrected chi connectivity index (χ1v) is 35.3. The van der Waals surface area contributed by atoms with Crippen molar-refractivity contribution in [3.8, 4) is 0 Å². The van der Waals surface area contributed by atoms with Crippen LogP contribution < -0.4 is 0 Å². The minimum atomic E-state index is -0.765. The van der Waals surface area contributed by atoms with Crippen molar-refractivity contribution < 1.29 is 28.6 Å². The van der Waals surface area contributed by atoms with Gasteiger partial charge in [0, 0.05) is 19.3 Å². The van der Waals surface area contributed by atoms with Crippen molar-refractivity contribution in [3.63, 3.8) is 0 Å². The third kappa shape index (κ3) is 63.5. The van der Waals surface area contributed by atoms with Crippen LogP contribution in [0.25, 0.3) is 0 Å². The number of ether oxygens (including phenoxy) is 3. The fraction of sp³-hybridized carbons (Fsp3) is 0.958. The van der Waals surface area contributed by atoms with Gasteiger partial charge in [0.25, 0.3) is 0 Å². The zero-order chi connectivity index (χ0) is 56.0. The molecule has 0 rings (SSSR count). The van der Waals surface area contributed by atoms with E-state index in [0.29, 0.717) is 19.3 Å². The maximum absolute atomic E-state index is 13.0. The maximum Gasteiger partial charge on any atom is 0.306 e. The fourth-order valence-electron chi connectivity index (χ4n) is 11.1. The standard InChI is InChI=1S/C71H138O6/c1-6-8-9-10-11-12-13-14-15-16-17-21-26-31-36-41-46-51-56-61-69(72)75-64-68(65-76-70(73)62-57-52-47-42-37-32-28-23-24-29-34-39-44-49-54-59-66(3)4)77-71(74)63-58-53-48-43-38-33-27-22-19-18-20-25-30-35-40-45-50-55-60-67(5)7-2/h66-68H,6-65H2,1-5H3/t67?,68-/m1/s1. The first-order valence-electron chi connectivity index (χ1n) is 35.3. The third-order valence-corrected chi connectivity index (χ3v) is 16.8. The quantitative estimate of drug-likeness (QED) is 0.0343. The Kier molecular flexibility index (Phi) is 62.3. The average molecular weight is 1090 g/mol. The zero-order valence-corrected chi connectivity index (χ0v) is 53.1. The molecule has 0 aromatic rings. The number of unbranched alkanes of at least 4 members (excludes halogenated alkanes) is 49. The highest BCUT2D eigenvalue weighted by Crippen LogP contribution is 2.20. The van der Waals surface area contributed by atoms with Gasteiger partial charge in [0.05, 0.1) is 0 Å². The van der Waals surface area contributed by atoms with Gasteiger partial charge in [0.1, 0.15) is 13.2 Å². The number of hydrogen-bond donors (Lipinski definition) is 0. The molecule has 1 unspecified atom stereocenters. The average Bonchev–Trinajstić information content (AvgIpc) is 3.42. The second-order valence-corrected chi connectivity index (χ2v) is 25.2. The van der Waals surface area contributed by atoms with Crippen LogP contribution in [0.15, 0.2) is 0 Å². The largest absolute Gasteiger partial charge is 0.462 e. The van der Waals surface area contributed by atoms with Gasteiger partial charge in [-0.1, -0.05) is 369 Å². The Hall–Kier alpha value is -1.59. The molecule has 0 bridgehead atoms. The molecule has 0 heterocycles. The van der Waals surface area contributed by atoms with E-state index in [1.165, 1.54) is 295 Å². The molecule has 0 aromatic heterocycles. The van der Waals surface area contributed by atoms with Crippen molar-refractivity contribution in [2.24, 2.45) is 11.8 Å². The van der Waals surface area contributed by atoms with Crippen LogP contribution in [0.1, 0.15) is 407 Å². The molecule has 6 heteroatoms. The number of carbonyl (C=O) groups excluding carboxylic acids is 3. The molecule has 458 valence electrons. The van der Waals surface area contributed by atoms with E-state index in [9.17, 15) is 14.4 Å². The minimum absolute atomic E-state index is 0.0611. The number of esters is 3. The van der Waals surface area contributed by atoms with Crippen molar-refractivity contribution >= 4 is 17.9 Å². The number of rotatable bonds is 65. The summed E-state index contributed by atoms with van der Waals surface area (Å²) in [5.41, 5.74) is 0. The van der Waals surface area contributed by atoms with Gasteiger partial charge in [-0.05, 0) is 31.1 Å². The van der Waals surface area contributed by atoms with E-state index in [0.717, 1.165) is 69.6 Å². The van der Waals surface area contributed by atoms with E-state index in [-0.39, 0.29) is 31.1 Å². The van der Waals surface area contributed by atoms with Crippen molar-refractivity contribution in [1.82, 2.24) is 0 Å². The van der Waals surface area contributed by atoms with Crippen LogP contribution in [0.2, 0.25) is 0 Å². The van der Waals surface area contributed by atoms with Crippen LogP contribution in [-0.2, 0) is 28.6 Å². The van der Waals surface area contributed by atoms with Gasteiger partial charge in [-0.3, -0.25) is 14.4 Å². The molecule has 0 aliphatic carbocycles. The van der Waals surface area contributed by atoms with Crippen molar-refractivity contribution in [2.45, 2.75) is 413 Å². The first-order chi connectivity index (χ1) is 37.8. The van der Waals surface area contributed by atoms with Crippen LogP contribution >= 0.6 is 0 Å². The Morgan fingerprint density at radius 1 is 0.273 bits per heavy atom. The van der Waals surface area contributed by atoms with Crippen LogP contribution in [0.4, 0.5) is 0 Å². The Morgan fingerprint density at radius 3 is 0.740 bits per heavy atom. The summed E-state index contributed by atoms with van der Waals surface area (Å²) in [6.07, 6.45) is 72.5. The first kappa shape index (κ1) is 75.4. The summed E-state index contributed by atoms with van der Waals surface area (Å²) in [7, 11) is 0. The third-order valence-electron chi connectivity index (χ3n) is 16.8. The molecular weight excluding hydrogens is 949 g/mol. The predicted molar refractivity (Wildman–Crippen MR) is 335 cm³/mol. The second-order valence-electron chi connectivity index (χ2n) is 25.2. The lowest BCUT2D eigenvalue weighted by Crippen LogP contribution is -2.30. The maximum atomic E-state index is 13.0. The molecule has 0 spiro atoms. The van der Waals surface area contributed by atoms with Gasteiger partial charge in [0.15, 0.2) is 6.10 Å². The SMILES string of the molecule is CCCCCCCCCCCCCCCCCCCCCC(=O)OC[C@H](COC(=O)CCCCCCCCCCCCCCCCCC(C)C)OC(=O)CCCCCCCCCCCCCCCCCCCCC(C)CC. The normalized spacial score (nSPS) is 12.4. The second kappa shape index (κ2) is 63.6. The monoisotopic (exact) mass is 1090 g/mol.